The van der Waals surface area contributed by atoms with E-state index in [1.165, 1.54) is 91.4 Å². The van der Waals surface area contributed by atoms with Crippen molar-refractivity contribution in [1.29, 1.82) is 0 Å². The van der Waals surface area contributed by atoms with Crippen molar-refractivity contribution in [3.05, 3.63) is 12.2 Å². The summed E-state index contributed by atoms with van der Waals surface area (Å²) in [7, 11) is 0. The number of nitrogens with zero attached hydrogens (tertiary/aromatic N) is 1. The summed E-state index contributed by atoms with van der Waals surface area (Å²) in [5.41, 5.74) is 0. The topological polar surface area (TPSA) is 112 Å². The summed E-state index contributed by atoms with van der Waals surface area (Å²) in [5, 5.41) is 28.8. The van der Waals surface area contributed by atoms with Gasteiger partial charge in [-0.3, -0.25) is 4.48 Å². The zero-order chi connectivity index (χ0) is 26.0. The molecular formula is C27H50NO6+. The van der Waals surface area contributed by atoms with Gasteiger partial charge in [0.25, 0.3) is 0 Å². The molecule has 198 valence electrons. The van der Waals surface area contributed by atoms with Gasteiger partial charge in [0.15, 0.2) is 18.1 Å². The average Bonchev–Trinajstić information content (AvgIpc) is 2.80. The summed E-state index contributed by atoms with van der Waals surface area (Å²) in [6.07, 6.45) is 20.9. The van der Waals surface area contributed by atoms with E-state index in [1.54, 1.807) is 0 Å². The van der Waals surface area contributed by atoms with Crippen LogP contribution in [0.2, 0.25) is 0 Å². The van der Waals surface area contributed by atoms with Crippen LogP contribution in [0.15, 0.2) is 12.2 Å². The molecule has 0 aromatic carbocycles. The second kappa shape index (κ2) is 18.4. The lowest BCUT2D eigenvalue weighted by atomic mass is 10.0. The minimum absolute atomic E-state index is 0.142. The van der Waals surface area contributed by atoms with Crippen molar-refractivity contribution in [2.75, 3.05) is 6.54 Å². The van der Waals surface area contributed by atoms with E-state index in [0.29, 0.717) is 6.42 Å². The van der Waals surface area contributed by atoms with E-state index in [9.17, 15) is 29.7 Å². The SMILES string of the molecule is CCCCCCCCCCCCCC/C=C/CC[N+](C(C)C(=O)O)(C(C)C(=O)O)C(C)C(=O)O. The van der Waals surface area contributed by atoms with Gasteiger partial charge in [0.2, 0.25) is 0 Å². The Morgan fingerprint density at radius 1 is 0.588 bits per heavy atom. The minimum Gasteiger partial charge on any atom is -0.477 e. The molecular weight excluding hydrogens is 434 g/mol. The maximum Gasteiger partial charge on any atom is 0.362 e. The fourth-order valence-corrected chi connectivity index (χ4v) is 4.84. The van der Waals surface area contributed by atoms with Crippen LogP contribution in [0.25, 0.3) is 0 Å². The quantitative estimate of drug-likeness (QED) is 0.0950. The van der Waals surface area contributed by atoms with E-state index in [1.807, 2.05) is 12.2 Å². The van der Waals surface area contributed by atoms with Gasteiger partial charge >= 0.3 is 17.9 Å². The highest BCUT2D eigenvalue weighted by Crippen LogP contribution is 2.27. The number of rotatable bonds is 22. The summed E-state index contributed by atoms with van der Waals surface area (Å²) in [6, 6.07) is -3.45. The molecule has 0 aliphatic heterocycles. The number of carboxylic acids is 3. The lowest BCUT2D eigenvalue weighted by Gasteiger charge is -2.47. The largest absolute Gasteiger partial charge is 0.477 e. The van der Waals surface area contributed by atoms with Gasteiger partial charge in [0, 0.05) is 6.42 Å². The fourth-order valence-electron chi connectivity index (χ4n) is 4.84. The van der Waals surface area contributed by atoms with Gasteiger partial charge in [-0.2, -0.15) is 0 Å². The molecule has 0 amide bonds. The molecule has 0 aliphatic rings. The Bertz CT molecular complexity index is 568. The maximum atomic E-state index is 11.8. The zero-order valence-corrected chi connectivity index (χ0v) is 22.0. The van der Waals surface area contributed by atoms with Crippen LogP contribution in [0.5, 0.6) is 0 Å². The predicted octanol–water partition coefficient (Wildman–Crippen LogP) is 6.26. The maximum absolute atomic E-state index is 11.8. The molecule has 0 radical (unpaired) electrons. The molecule has 0 aliphatic carbocycles. The first kappa shape index (κ1) is 32.1. The van der Waals surface area contributed by atoms with Crippen LogP contribution < -0.4 is 0 Å². The van der Waals surface area contributed by atoms with Gasteiger partial charge in [0.1, 0.15) is 0 Å². The van der Waals surface area contributed by atoms with Gasteiger partial charge in [-0.15, -0.1) is 0 Å². The van der Waals surface area contributed by atoms with Gasteiger partial charge in [-0.05, 0) is 33.6 Å². The Morgan fingerprint density at radius 3 is 1.26 bits per heavy atom. The molecule has 7 heteroatoms. The summed E-state index contributed by atoms with van der Waals surface area (Å²) in [6.45, 7) is 6.59. The number of hydrogen-bond acceptors (Lipinski definition) is 3. The molecule has 0 aromatic rings. The van der Waals surface area contributed by atoms with Crippen molar-refractivity contribution < 1.29 is 34.2 Å². The molecule has 0 aromatic heterocycles. The van der Waals surface area contributed by atoms with E-state index >= 15 is 0 Å². The second-order valence-electron chi connectivity index (χ2n) is 9.70. The summed E-state index contributed by atoms with van der Waals surface area (Å²) in [5.74, 6) is -3.58. The monoisotopic (exact) mass is 484 g/mol. The van der Waals surface area contributed by atoms with E-state index in [2.05, 4.69) is 6.92 Å². The molecule has 3 N–H and O–H groups in total. The molecule has 3 atom stereocenters. The van der Waals surface area contributed by atoms with Crippen LogP contribution in [0.4, 0.5) is 0 Å². The third-order valence-electron chi connectivity index (χ3n) is 7.31. The lowest BCUT2D eigenvalue weighted by Crippen LogP contribution is -2.70. The molecule has 0 bridgehead atoms. The highest BCUT2D eigenvalue weighted by Gasteiger charge is 2.52. The fraction of sp³-hybridized carbons (Fsp3) is 0.815. The van der Waals surface area contributed by atoms with E-state index in [-0.39, 0.29) is 6.54 Å². The lowest BCUT2D eigenvalue weighted by molar-refractivity contribution is -0.967. The van der Waals surface area contributed by atoms with Crippen molar-refractivity contribution in [2.45, 2.75) is 136 Å². The third-order valence-corrected chi connectivity index (χ3v) is 7.31. The molecule has 0 saturated carbocycles. The van der Waals surface area contributed by atoms with Gasteiger partial charge < -0.3 is 15.3 Å². The predicted molar refractivity (Wildman–Crippen MR) is 136 cm³/mol. The van der Waals surface area contributed by atoms with Gasteiger partial charge in [-0.25, -0.2) is 14.4 Å². The van der Waals surface area contributed by atoms with Crippen molar-refractivity contribution in [3.63, 3.8) is 0 Å². The molecule has 34 heavy (non-hydrogen) atoms. The first-order valence-electron chi connectivity index (χ1n) is 13.3. The smallest absolute Gasteiger partial charge is 0.362 e. The summed E-state index contributed by atoms with van der Waals surface area (Å²) < 4.78 is -0.525. The van der Waals surface area contributed by atoms with E-state index in [4.69, 9.17) is 0 Å². The number of quaternary nitrogens is 1. The van der Waals surface area contributed by atoms with Crippen LogP contribution in [-0.4, -0.2) is 62.4 Å². The van der Waals surface area contributed by atoms with Gasteiger partial charge in [-0.1, -0.05) is 89.7 Å². The van der Waals surface area contributed by atoms with Crippen molar-refractivity contribution in [3.8, 4) is 0 Å². The first-order chi connectivity index (χ1) is 16.1. The average molecular weight is 485 g/mol. The third kappa shape index (κ3) is 11.5. The number of allylic oxidation sites excluding steroid dienone is 1. The van der Waals surface area contributed by atoms with Crippen LogP contribution in [0.3, 0.4) is 0 Å². The van der Waals surface area contributed by atoms with E-state index in [0.717, 1.165) is 12.8 Å². The number of carboxylic acid groups (broad SMARTS) is 3. The highest BCUT2D eigenvalue weighted by molar-refractivity contribution is 5.77. The van der Waals surface area contributed by atoms with Crippen LogP contribution in [0.1, 0.15) is 118 Å². The Balaban J connectivity index is 4.43. The summed E-state index contributed by atoms with van der Waals surface area (Å²) >= 11 is 0. The normalized spacial score (nSPS) is 16.1. The molecule has 0 spiro atoms. The molecule has 7 nitrogen and oxygen atoms in total. The van der Waals surface area contributed by atoms with Crippen molar-refractivity contribution in [1.82, 2.24) is 0 Å². The minimum atomic E-state index is -1.19. The molecule has 3 unspecified atom stereocenters. The second-order valence-corrected chi connectivity index (χ2v) is 9.70. The molecule has 0 fully saturated rings. The van der Waals surface area contributed by atoms with Crippen LogP contribution in [-0.2, 0) is 14.4 Å². The van der Waals surface area contributed by atoms with Crippen LogP contribution in [0, 0.1) is 0 Å². The first-order valence-corrected chi connectivity index (χ1v) is 13.3. The number of carbonyl (C=O) groups is 3. The van der Waals surface area contributed by atoms with Gasteiger partial charge in [0.05, 0.1) is 6.54 Å². The number of unbranched alkanes of at least 4 members (excludes halogenated alkanes) is 12. The number of aliphatic carboxylic acids is 3. The standard InChI is InChI=1S/C27H49NO6/c1-5-6-7-8-9-10-11-12-13-14-15-16-17-18-19-20-21-28(22(2)25(29)30,23(3)26(31)32)24(4)27(33)34/h18-19,22-24H,5-17,20-21H2,1-4H3,(H2-,29,30,31,32,33,34)/p+1/b19-18+. The number of hydrogen-bond donors (Lipinski definition) is 3. The Hall–Kier alpha value is -1.89. The molecule has 0 saturated heterocycles. The van der Waals surface area contributed by atoms with E-state index < -0.39 is 40.5 Å². The molecule has 0 rings (SSSR count). The van der Waals surface area contributed by atoms with Crippen molar-refractivity contribution >= 4 is 17.9 Å². The molecule has 0 heterocycles. The van der Waals surface area contributed by atoms with Crippen LogP contribution >= 0.6 is 0 Å². The zero-order valence-electron chi connectivity index (χ0n) is 22.0. The Kier molecular flexibility index (Phi) is 17.4. The Labute approximate surface area is 206 Å². The summed E-state index contributed by atoms with van der Waals surface area (Å²) in [4.78, 5) is 35.3. The Morgan fingerprint density at radius 2 is 0.912 bits per heavy atom. The highest BCUT2D eigenvalue weighted by atomic mass is 16.4. The van der Waals surface area contributed by atoms with Crippen molar-refractivity contribution in [2.24, 2.45) is 0 Å².